The third-order valence-corrected chi connectivity index (χ3v) is 5.53. The van der Waals surface area contributed by atoms with E-state index >= 15 is 0 Å². The molecular formula is C22H28N8O2. The number of benzene rings is 1. The summed E-state index contributed by atoms with van der Waals surface area (Å²) in [6, 6.07) is 8.78. The van der Waals surface area contributed by atoms with Gasteiger partial charge in [0, 0.05) is 32.7 Å². The number of hydrogen-bond acceptors (Lipinski definition) is 8. The number of nitrogens with one attached hydrogen (secondary N) is 3. The Morgan fingerprint density at radius 1 is 1.22 bits per heavy atom. The Balaban J connectivity index is 1.48. The number of piperazine rings is 1. The molecule has 32 heavy (non-hydrogen) atoms. The van der Waals surface area contributed by atoms with Crippen LogP contribution in [0.4, 0.5) is 23.1 Å². The fourth-order valence-corrected chi connectivity index (χ4v) is 3.73. The number of amides is 1. The van der Waals surface area contributed by atoms with Gasteiger partial charge in [0.1, 0.15) is 22.9 Å². The van der Waals surface area contributed by atoms with Crippen molar-refractivity contribution in [2.45, 2.75) is 13.5 Å². The van der Waals surface area contributed by atoms with Crippen LogP contribution in [0.2, 0.25) is 0 Å². The lowest BCUT2D eigenvalue weighted by Gasteiger charge is -2.34. The van der Waals surface area contributed by atoms with Crippen LogP contribution in [0.3, 0.4) is 0 Å². The molecule has 6 N–H and O–H groups in total. The van der Waals surface area contributed by atoms with Gasteiger partial charge in [-0.25, -0.2) is 4.98 Å². The zero-order valence-electron chi connectivity index (χ0n) is 18.2. The number of carbonyl (C=O) groups excluding carboxylic acids is 1. The number of nitrogens with zero attached hydrogens (tertiary/aromatic N) is 4. The minimum absolute atomic E-state index is 0.196. The number of primary amides is 1. The number of nitrogens with two attached hydrogens (primary N) is 1. The maximum Gasteiger partial charge on any atom is 0.256 e. The molecule has 0 atom stereocenters. The summed E-state index contributed by atoms with van der Waals surface area (Å²) in [7, 11) is 2.12. The van der Waals surface area contributed by atoms with Crippen molar-refractivity contribution in [2.75, 3.05) is 48.8 Å². The molecule has 0 unspecified atom stereocenters. The molecule has 0 bridgehead atoms. The molecule has 0 saturated carbocycles. The average molecular weight is 437 g/mol. The summed E-state index contributed by atoms with van der Waals surface area (Å²) in [6.07, 6.45) is 1.74. The van der Waals surface area contributed by atoms with Crippen molar-refractivity contribution >= 4 is 29.0 Å². The van der Waals surface area contributed by atoms with Gasteiger partial charge in [0.15, 0.2) is 5.82 Å². The van der Waals surface area contributed by atoms with Gasteiger partial charge >= 0.3 is 0 Å². The summed E-state index contributed by atoms with van der Waals surface area (Å²) in [6.45, 7) is 6.36. The molecule has 3 heterocycles. The number of phenolic OH excluding ortho intramolecular Hbond substituents is 1. The number of aromatic nitrogens is 3. The van der Waals surface area contributed by atoms with E-state index in [9.17, 15) is 9.90 Å². The SMILES string of the molecule is Cc1cc(Nc2n[nH]c(NCc3ccc(O)cc3)c2C(N)=O)cnc1N1CCN(C)CC1. The Morgan fingerprint density at radius 2 is 1.94 bits per heavy atom. The number of anilines is 4. The first-order chi connectivity index (χ1) is 15.4. The number of rotatable bonds is 7. The van der Waals surface area contributed by atoms with Crippen LogP contribution in [0.25, 0.3) is 0 Å². The topological polar surface area (TPSA) is 135 Å². The fraction of sp³-hybridized carbons (Fsp3) is 0.318. The third-order valence-electron chi connectivity index (χ3n) is 5.53. The predicted octanol–water partition coefficient (Wildman–Crippen LogP) is 2.03. The van der Waals surface area contributed by atoms with E-state index in [1.165, 1.54) is 0 Å². The number of aryl methyl sites for hydroxylation is 1. The van der Waals surface area contributed by atoms with Gasteiger partial charge < -0.3 is 31.3 Å². The van der Waals surface area contributed by atoms with Crippen molar-refractivity contribution < 1.29 is 9.90 Å². The first-order valence-electron chi connectivity index (χ1n) is 10.5. The summed E-state index contributed by atoms with van der Waals surface area (Å²) in [5.41, 5.74) is 8.56. The molecule has 1 aliphatic rings. The van der Waals surface area contributed by atoms with Crippen LogP contribution in [0, 0.1) is 6.92 Å². The van der Waals surface area contributed by atoms with E-state index in [0.29, 0.717) is 18.2 Å². The highest BCUT2D eigenvalue weighted by Crippen LogP contribution is 2.27. The molecular weight excluding hydrogens is 408 g/mol. The van der Waals surface area contributed by atoms with E-state index in [1.54, 1.807) is 30.5 Å². The van der Waals surface area contributed by atoms with E-state index in [1.807, 2.05) is 13.0 Å². The molecule has 2 aromatic heterocycles. The van der Waals surface area contributed by atoms with Gasteiger partial charge in [0.05, 0.1) is 11.9 Å². The van der Waals surface area contributed by atoms with Gasteiger partial charge in [0.25, 0.3) is 5.91 Å². The van der Waals surface area contributed by atoms with Crippen molar-refractivity contribution in [2.24, 2.45) is 5.73 Å². The second-order valence-electron chi connectivity index (χ2n) is 7.99. The molecule has 1 aliphatic heterocycles. The monoisotopic (exact) mass is 436 g/mol. The molecule has 10 nitrogen and oxygen atoms in total. The highest BCUT2D eigenvalue weighted by Gasteiger charge is 2.20. The lowest BCUT2D eigenvalue weighted by Crippen LogP contribution is -2.45. The van der Waals surface area contributed by atoms with Gasteiger partial charge in [-0.05, 0) is 43.3 Å². The van der Waals surface area contributed by atoms with Crippen molar-refractivity contribution in [1.82, 2.24) is 20.1 Å². The van der Waals surface area contributed by atoms with Crippen molar-refractivity contribution in [3.05, 3.63) is 53.2 Å². The Morgan fingerprint density at radius 3 is 2.59 bits per heavy atom. The van der Waals surface area contributed by atoms with Crippen LogP contribution in [0.15, 0.2) is 36.5 Å². The number of likely N-dealkylation sites (N-methyl/N-ethyl adjacent to an activating group) is 1. The van der Waals surface area contributed by atoms with Crippen LogP contribution in [-0.2, 0) is 6.54 Å². The van der Waals surface area contributed by atoms with Crippen LogP contribution >= 0.6 is 0 Å². The van der Waals surface area contributed by atoms with Crippen LogP contribution in [0.1, 0.15) is 21.5 Å². The molecule has 3 aromatic rings. The Hall–Kier alpha value is -3.79. The maximum atomic E-state index is 12.1. The van der Waals surface area contributed by atoms with Gasteiger partial charge in [-0.1, -0.05) is 12.1 Å². The number of H-pyrrole nitrogens is 1. The number of hydrogen-bond donors (Lipinski definition) is 5. The molecule has 168 valence electrons. The highest BCUT2D eigenvalue weighted by molar-refractivity contribution is 6.03. The minimum atomic E-state index is -0.604. The molecule has 0 radical (unpaired) electrons. The summed E-state index contributed by atoms with van der Waals surface area (Å²) in [5.74, 6) is 1.32. The Kier molecular flexibility index (Phi) is 6.13. The summed E-state index contributed by atoms with van der Waals surface area (Å²) in [5, 5.41) is 22.8. The summed E-state index contributed by atoms with van der Waals surface area (Å²) < 4.78 is 0. The largest absolute Gasteiger partial charge is 0.508 e. The summed E-state index contributed by atoms with van der Waals surface area (Å²) >= 11 is 0. The first kappa shape index (κ1) is 21.4. The van der Waals surface area contributed by atoms with E-state index in [-0.39, 0.29) is 11.3 Å². The fourth-order valence-electron chi connectivity index (χ4n) is 3.73. The molecule has 4 rings (SSSR count). The van der Waals surface area contributed by atoms with Crippen molar-refractivity contribution in [3.8, 4) is 5.75 Å². The first-order valence-corrected chi connectivity index (χ1v) is 10.5. The Labute approximate surface area is 186 Å². The molecule has 1 amide bonds. The number of aromatic amines is 1. The van der Waals surface area contributed by atoms with Gasteiger partial charge in [-0.3, -0.25) is 9.89 Å². The van der Waals surface area contributed by atoms with E-state index in [2.05, 4.69) is 42.7 Å². The van der Waals surface area contributed by atoms with Gasteiger partial charge in [-0.15, -0.1) is 0 Å². The quantitative estimate of drug-likeness (QED) is 0.380. The van der Waals surface area contributed by atoms with E-state index in [4.69, 9.17) is 5.73 Å². The second-order valence-corrected chi connectivity index (χ2v) is 7.99. The van der Waals surface area contributed by atoms with Crippen LogP contribution in [0.5, 0.6) is 5.75 Å². The van der Waals surface area contributed by atoms with Gasteiger partial charge in [0.2, 0.25) is 0 Å². The standard InChI is InChI=1S/C22H28N8O2/c1-14-11-16(13-25-22(14)30-9-7-29(2)8-10-30)26-21-18(19(23)32)20(27-28-21)24-12-15-3-5-17(31)6-4-15/h3-6,11,13,31H,7-10,12H2,1-2H3,(H2,23,32)(H3,24,26,27,28). The molecule has 0 spiro atoms. The van der Waals surface area contributed by atoms with E-state index in [0.717, 1.165) is 48.8 Å². The smallest absolute Gasteiger partial charge is 0.256 e. The molecule has 1 saturated heterocycles. The normalized spacial score (nSPS) is 14.4. The molecule has 1 aromatic carbocycles. The second kappa shape index (κ2) is 9.15. The number of phenols is 1. The molecule has 10 heteroatoms. The predicted molar refractivity (Wildman–Crippen MR) is 125 cm³/mol. The lowest BCUT2D eigenvalue weighted by atomic mass is 10.2. The zero-order chi connectivity index (χ0) is 22.7. The van der Waals surface area contributed by atoms with Gasteiger partial charge in [-0.2, -0.15) is 5.10 Å². The summed E-state index contributed by atoms with van der Waals surface area (Å²) in [4.78, 5) is 21.4. The number of carbonyl (C=O) groups is 1. The Bertz CT molecular complexity index is 1090. The van der Waals surface area contributed by atoms with Crippen LogP contribution in [-0.4, -0.2) is 64.3 Å². The number of pyridine rings is 1. The lowest BCUT2D eigenvalue weighted by molar-refractivity contribution is 0.100. The highest BCUT2D eigenvalue weighted by atomic mass is 16.3. The number of aromatic hydroxyl groups is 1. The van der Waals surface area contributed by atoms with Crippen molar-refractivity contribution in [1.29, 1.82) is 0 Å². The third kappa shape index (κ3) is 4.75. The van der Waals surface area contributed by atoms with Crippen LogP contribution < -0.4 is 21.3 Å². The zero-order valence-corrected chi connectivity index (χ0v) is 18.2. The maximum absolute atomic E-state index is 12.1. The minimum Gasteiger partial charge on any atom is -0.508 e. The molecule has 1 fully saturated rings. The van der Waals surface area contributed by atoms with Crippen molar-refractivity contribution in [3.63, 3.8) is 0 Å². The average Bonchev–Trinajstić information content (AvgIpc) is 3.17. The molecule has 0 aliphatic carbocycles. The van der Waals surface area contributed by atoms with E-state index < -0.39 is 5.91 Å².